The molecule has 3 nitrogen and oxygen atoms in total. The lowest BCUT2D eigenvalue weighted by molar-refractivity contribution is 0.112. The summed E-state index contributed by atoms with van der Waals surface area (Å²) >= 11 is 0. The number of amidine groups is 1. The molecule has 1 fully saturated rings. The van der Waals surface area contributed by atoms with E-state index in [-0.39, 0.29) is 6.10 Å². The van der Waals surface area contributed by atoms with Crippen LogP contribution in [0.4, 0.5) is 0 Å². The number of aryl methyl sites for hydroxylation is 1. The number of aliphatic imine (C=N–C) groups is 1. The minimum atomic E-state index is -0.157. The van der Waals surface area contributed by atoms with Crippen LogP contribution in [0.15, 0.2) is 29.3 Å². The number of hydrogen-bond acceptors (Lipinski definition) is 3. The second kappa shape index (κ2) is 4.15. The summed E-state index contributed by atoms with van der Waals surface area (Å²) in [6, 6.07) is 9.08. The summed E-state index contributed by atoms with van der Waals surface area (Å²) in [5, 5.41) is 13.1. The average molecular weight is 230 g/mol. The van der Waals surface area contributed by atoms with E-state index in [1.54, 1.807) is 0 Å². The first-order chi connectivity index (χ1) is 8.22. The van der Waals surface area contributed by atoms with Gasteiger partial charge in [0, 0.05) is 5.56 Å². The first-order valence-electron chi connectivity index (χ1n) is 6.32. The molecule has 3 rings (SSSR count). The van der Waals surface area contributed by atoms with Crippen molar-refractivity contribution in [2.45, 2.75) is 44.4 Å². The fraction of sp³-hybridized carbons (Fsp3) is 0.500. The molecular formula is C14H18N2O. The first-order valence-corrected chi connectivity index (χ1v) is 6.32. The van der Waals surface area contributed by atoms with Gasteiger partial charge in [0.2, 0.25) is 0 Å². The van der Waals surface area contributed by atoms with Gasteiger partial charge >= 0.3 is 0 Å². The maximum atomic E-state index is 9.67. The molecule has 0 radical (unpaired) electrons. The topological polar surface area (TPSA) is 44.6 Å². The van der Waals surface area contributed by atoms with Gasteiger partial charge in [-0.05, 0) is 32.3 Å². The summed E-state index contributed by atoms with van der Waals surface area (Å²) in [6.45, 7) is 2.09. The van der Waals surface area contributed by atoms with Crippen LogP contribution in [0.5, 0.6) is 0 Å². The standard InChI is InChI=1S/C14H18N2O/c1-9-3-2-4-10(7-9)14-15-12-6-5-11(17)8-13(12)16-14/h2-4,7,11-13,17H,5-6,8H2,1H3,(H,15,16). The minimum absolute atomic E-state index is 0.157. The van der Waals surface area contributed by atoms with E-state index in [1.807, 2.05) is 0 Å². The fourth-order valence-electron chi connectivity index (χ4n) is 2.77. The Morgan fingerprint density at radius 1 is 1.35 bits per heavy atom. The third-order valence-electron chi connectivity index (χ3n) is 3.69. The van der Waals surface area contributed by atoms with Crippen LogP contribution >= 0.6 is 0 Å². The van der Waals surface area contributed by atoms with Gasteiger partial charge in [0.1, 0.15) is 5.84 Å². The molecule has 3 atom stereocenters. The van der Waals surface area contributed by atoms with E-state index in [4.69, 9.17) is 4.99 Å². The highest BCUT2D eigenvalue weighted by molar-refractivity contribution is 6.00. The van der Waals surface area contributed by atoms with E-state index in [1.165, 1.54) is 5.56 Å². The van der Waals surface area contributed by atoms with Crippen molar-refractivity contribution in [3.8, 4) is 0 Å². The molecule has 0 spiro atoms. The Morgan fingerprint density at radius 3 is 3.06 bits per heavy atom. The van der Waals surface area contributed by atoms with E-state index in [0.29, 0.717) is 12.1 Å². The summed E-state index contributed by atoms with van der Waals surface area (Å²) in [5.74, 6) is 0.998. The zero-order valence-electron chi connectivity index (χ0n) is 10.1. The molecule has 0 aromatic heterocycles. The molecule has 1 saturated carbocycles. The Balaban J connectivity index is 1.82. The van der Waals surface area contributed by atoms with Gasteiger partial charge in [-0.1, -0.05) is 23.8 Å². The van der Waals surface area contributed by atoms with Gasteiger partial charge in [0.25, 0.3) is 0 Å². The predicted molar refractivity (Wildman–Crippen MR) is 68.3 cm³/mol. The second-order valence-corrected chi connectivity index (χ2v) is 5.13. The molecule has 1 aliphatic heterocycles. The molecular weight excluding hydrogens is 212 g/mol. The number of rotatable bonds is 1. The first kappa shape index (κ1) is 10.8. The number of benzene rings is 1. The molecule has 2 aliphatic rings. The molecule has 3 unspecified atom stereocenters. The van der Waals surface area contributed by atoms with Gasteiger partial charge in [-0.2, -0.15) is 0 Å². The molecule has 90 valence electrons. The van der Waals surface area contributed by atoms with Crippen molar-refractivity contribution in [2.24, 2.45) is 4.99 Å². The van der Waals surface area contributed by atoms with Crippen molar-refractivity contribution in [3.63, 3.8) is 0 Å². The number of nitrogens with zero attached hydrogens (tertiary/aromatic N) is 1. The third kappa shape index (κ3) is 2.07. The molecule has 0 bridgehead atoms. The monoisotopic (exact) mass is 230 g/mol. The maximum Gasteiger partial charge on any atom is 0.128 e. The van der Waals surface area contributed by atoms with E-state index in [0.717, 1.165) is 30.7 Å². The van der Waals surface area contributed by atoms with E-state index in [9.17, 15) is 5.11 Å². The van der Waals surface area contributed by atoms with Gasteiger partial charge in [-0.3, -0.25) is 4.99 Å². The second-order valence-electron chi connectivity index (χ2n) is 5.13. The molecule has 0 saturated heterocycles. The predicted octanol–water partition coefficient (Wildman–Crippen LogP) is 1.63. The lowest BCUT2D eigenvalue weighted by Gasteiger charge is -2.27. The molecule has 0 amide bonds. The number of aliphatic hydroxyl groups is 1. The zero-order chi connectivity index (χ0) is 11.8. The molecule has 1 aromatic rings. The van der Waals surface area contributed by atoms with Crippen LogP contribution in [0.3, 0.4) is 0 Å². The minimum Gasteiger partial charge on any atom is -0.393 e. The Morgan fingerprint density at radius 2 is 2.24 bits per heavy atom. The van der Waals surface area contributed by atoms with Gasteiger partial charge in [0.15, 0.2) is 0 Å². The summed E-state index contributed by atoms with van der Waals surface area (Å²) in [7, 11) is 0. The highest BCUT2D eigenvalue weighted by Crippen LogP contribution is 2.26. The van der Waals surface area contributed by atoms with Crippen LogP contribution in [0.2, 0.25) is 0 Å². The third-order valence-corrected chi connectivity index (χ3v) is 3.69. The fourth-order valence-corrected chi connectivity index (χ4v) is 2.77. The van der Waals surface area contributed by atoms with Gasteiger partial charge < -0.3 is 10.4 Å². The summed E-state index contributed by atoms with van der Waals surface area (Å²) in [5.41, 5.74) is 2.41. The highest BCUT2D eigenvalue weighted by Gasteiger charge is 2.34. The van der Waals surface area contributed by atoms with Crippen LogP contribution in [0, 0.1) is 6.92 Å². The van der Waals surface area contributed by atoms with Crippen LogP contribution < -0.4 is 5.32 Å². The number of hydrogen-bond donors (Lipinski definition) is 2. The SMILES string of the molecule is Cc1cccc(C2=NC3CCC(O)CC3N2)c1. The molecule has 1 aromatic carbocycles. The average Bonchev–Trinajstić information content (AvgIpc) is 2.72. The number of fused-ring (bicyclic) bond motifs is 1. The van der Waals surface area contributed by atoms with E-state index < -0.39 is 0 Å². The summed E-state index contributed by atoms with van der Waals surface area (Å²) in [6.07, 6.45) is 2.54. The summed E-state index contributed by atoms with van der Waals surface area (Å²) < 4.78 is 0. The normalized spacial score (nSPS) is 31.6. The molecule has 2 N–H and O–H groups in total. The molecule has 3 heteroatoms. The van der Waals surface area contributed by atoms with Crippen molar-refractivity contribution in [1.29, 1.82) is 0 Å². The number of nitrogens with one attached hydrogen (secondary N) is 1. The Hall–Kier alpha value is -1.35. The van der Waals surface area contributed by atoms with Crippen molar-refractivity contribution in [3.05, 3.63) is 35.4 Å². The van der Waals surface area contributed by atoms with Gasteiger partial charge in [-0.25, -0.2) is 0 Å². The van der Waals surface area contributed by atoms with E-state index in [2.05, 4.69) is 36.5 Å². The lowest BCUT2D eigenvalue weighted by Crippen LogP contribution is -2.41. The zero-order valence-corrected chi connectivity index (χ0v) is 10.1. The molecule has 17 heavy (non-hydrogen) atoms. The Kier molecular flexibility index (Phi) is 2.63. The number of aliphatic hydroxyl groups excluding tert-OH is 1. The van der Waals surface area contributed by atoms with Crippen LogP contribution in [0.1, 0.15) is 30.4 Å². The van der Waals surface area contributed by atoms with Crippen molar-refractivity contribution >= 4 is 5.84 Å². The maximum absolute atomic E-state index is 9.67. The van der Waals surface area contributed by atoms with Crippen molar-refractivity contribution < 1.29 is 5.11 Å². The Bertz CT molecular complexity index is 455. The highest BCUT2D eigenvalue weighted by atomic mass is 16.3. The van der Waals surface area contributed by atoms with Gasteiger partial charge in [-0.15, -0.1) is 0 Å². The Labute approximate surface area is 102 Å². The quantitative estimate of drug-likeness (QED) is 0.770. The summed E-state index contributed by atoms with van der Waals surface area (Å²) in [4.78, 5) is 4.75. The lowest BCUT2D eigenvalue weighted by atomic mass is 9.90. The molecule has 1 heterocycles. The van der Waals surface area contributed by atoms with Crippen LogP contribution in [0.25, 0.3) is 0 Å². The smallest absolute Gasteiger partial charge is 0.128 e. The van der Waals surface area contributed by atoms with Crippen molar-refractivity contribution in [2.75, 3.05) is 0 Å². The van der Waals surface area contributed by atoms with Crippen molar-refractivity contribution in [1.82, 2.24) is 5.32 Å². The van der Waals surface area contributed by atoms with Gasteiger partial charge in [0.05, 0.1) is 18.2 Å². The van der Waals surface area contributed by atoms with E-state index >= 15 is 0 Å². The molecule has 1 aliphatic carbocycles. The largest absolute Gasteiger partial charge is 0.393 e. The van der Waals surface area contributed by atoms with Crippen LogP contribution in [-0.2, 0) is 0 Å². The van der Waals surface area contributed by atoms with Crippen LogP contribution in [-0.4, -0.2) is 29.1 Å².